The number of ether oxygens (including phenoxy) is 1. The van der Waals surface area contributed by atoms with Crippen LogP contribution in [0.15, 0.2) is 103 Å². The predicted octanol–water partition coefficient (Wildman–Crippen LogP) is 3.70. The van der Waals surface area contributed by atoms with Crippen LogP contribution in [0.5, 0.6) is 0 Å². The molecule has 0 spiro atoms. The molecule has 0 aliphatic carbocycles. The largest absolute Gasteiger partial charge is 0.453 e. The molecule has 0 aliphatic heterocycles. The number of hydrogen-bond donors (Lipinski definition) is 4. The van der Waals surface area contributed by atoms with Gasteiger partial charge in [0.1, 0.15) is 11.9 Å². The first-order valence-corrected chi connectivity index (χ1v) is 13.2. The van der Waals surface area contributed by atoms with Crippen LogP contribution < -0.4 is 21.7 Å². The molecule has 1 unspecified atom stereocenters. The molecular weight excluding hydrogens is 518 g/mol. The molecule has 3 aromatic carbocycles. The maximum atomic E-state index is 13.8. The second-order valence-corrected chi connectivity index (χ2v) is 9.49. The monoisotopic (exact) mass is 551 g/mol. The van der Waals surface area contributed by atoms with Gasteiger partial charge >= 0.3 is 6.09 Å². The van der Waals surface area contributed by atoms with Crippen molar-refractivity contribution in [2.45, 2.75) is 31.5 Å². The number of aromatic nitrogens is 1. The first kappa shape index (κ1) is 28.8. The normalized spacial score (nSPS) is 11.4. The minimum absolute atomic E-state index is 0.235. The van der Waals surface area contributed by atoms with E-state index in [1.54, 1.807) is 18.3 Å². The minimum atomic E-state index is -0.855. The molecule has 0 radical (unpaired) electrons. The molecule has 210 valence electrons. The van der Waals surface area contributed by atoms with Crippen molar-refractivity contribution in [1.82, 2.24) is 20.9 Å². The number of benzene rings is 3. The molecular formula is C32H33N5O4. The molecule has 0 saturated carbocycles. The fourth-order valence-corrected chi connectivity index (χ4v) is 4.38. The maximum absolute atomic E-state index is 13.8. The lowest BCUT2D eigenvalue weighted by molar-refractivity contribution is -0.129. The van der Waals surface area contributed by atoms with E-state index in [4.69, 9.17) is 5.73 Å². The number of nitrogen functional groups attached to an aromatic ring is 1. The van der Waals surface area contributed by atoms with Gasteiger partial charge in [0.05, 0.1) is 13.0 Å². The van der Waals surface area contributed by atoms with Crippen LogP contribution >= 0.6 is 0 Å². The van der Waals surface area contributed by atoms with E-state index in [1.165, 1.54) is 7.11 Å². The molecule has 0 fully saturated rings. The maximum Gasteiger partial charge on any atom is 0.407 e. The highest BCUT2D eigenvalue weighted by Gasteiger charge is 2.28. The van der Waals surface area contributed by atoms with Crippen LogP contribution in [-0.2, 0) is 33.8 Å². The molecule has 9 nitrogen and oxygen atoms in total. The number of nitrogens with zero attached hydrogens (tertiary/aromatic N) is 1. The molecule has 0 aliphatic rings. The van der Waals surface area contributed by atoms with Crippen molar-refractivity contribution < 1.29 is 19.1 Å². The molecule has 3 amide bonds. The number of amides is 3. The Morgan fingerprint density at radius 1 is 0.732 bits per heavy atom. The van der Waals surface area contributed by atoms with Gasteiger partial charge in [-0.15, -0.1) is 0 Å². The van der Waals surface area contributed by atoms with Gasteiger partial charge in [-0.1, -0.05) is 91.0 Å². The fourth-order valence-electron chi connectivity index (χ4n) is 4.38. The summed E-state index contributed by atoms with van der Waals surface area (Å²) in [5.74, 6) is -0.833. The minimum Gasteiger partial charge on any atom is -0.453 e. The van der Waals surface area contributed by atoms with Crippen molar-refractivity contribution in [3.63, 3.8) is 0 Å². The Kier molecular flexibility index (Phi) is 10.0. The molecule has 1 heterocycles. The van der Waals surface area contributed by atoms with E-state index in [2.05, 4.69) is 25.7 Å². The summed E-state index contributed by atoms with van der Waals surface area (Å²) < 4.78 is 4.59. The highest BCUT2D eigenvalue weighted by Crippen LogP contribution is 2.25. The first-order chi connectivity index (χ1) is 19.9. The second kappa shape index (κ2) is 14.3. The van der Waals surface area contributed by atoms with E-state index in [-0.39, 0.29) is 24.8 Å². The zero-order valence-electron chi connectivity index (χ0n) is 22.7. The van der Waals surface area contributed by atoms with Gasteiger partial charge in [-0.3, -0.25) is 9.59 Å². The average molecular weight is 552 g/mol. The summed E-state index contributed by atoms with van der Waals surface area (Å²) in [6, 6.07) is 29.0. The Morgan fingerprint density at radius 3 is 1.78 bits per heavy atom. The van der Waals surface area contributed by atoms with Crippen LogP contribution in [0, 0.1) is 0 Å². The molecule has 1 atom stereocenters. The number of rotatable bonds is 11. The summed E-state index contributed by atoms with van der Waals surface area (Å²) in [5, 5.41) is 8.56. The summed E-state index contributed by atoms with van der Waals surface area (Å²) >= 11 is 0. The number of hydrogen-bond acceptors (Lipinski definition) is 6. The highest BCUT2D eigenvalue weighted by molar-refractivity contribution is 5.92. The van der Waals surface area contributed by atoms with Crippen molar-refractivity contribution in [3.05, 3.63) is 131 Å². The van der Waals surface area contributed by atoms with E-state index in [1.807, 2.05) is 84.9 Å². The van der Waals surface area contributed by atoms with Crippen LogP contribution in [0.3, 0.4) is 0 Å². The van der Waals surface area contributed by atoms with Gasteiger partial charge in [0.15, 0.2) is 0 Å². The summed E-state index contributed by atoms with van der Waals surface area (Å²) in [6.45, 7) is 0.587. The van der Waals surface area contributed by atoms with E-state index < -0.39 is 18.1 Å². The zero-order chi connectivity index (χ0) is 29.0. The van der Waals surface area contributed by atoms with Gasteiger partial charge in [-0.25, -0.2) is 9.78 Å². The third-order valence-electron chi connectivity index (χ3n) is 6.56. The topological polar surface area (TPSA) is 135 Å². The molecule has 5 N–H and O–H groups in total. The summed E-state index contributed by atoms with van der Waals surface area (Å²) in [7, 11) is 1.31. The lowest BCUT2D eigenvalue weighted by Crippen LogP contribution is -2.49. The Labute approximate surface area is 239 Å². The van der Waals surface area contributed by atoms with Crippen LogP contribution in [0.25, 0.3) is 0 Å². The summed E-state index contributed by atoms with van der Waals surface area (Å²) in [4.78, 5) is 42.7. The van der Waals surface area contributed by atoms with Gasteiger partial charge in [0.25, 0.3) is 0 Å². The Balaban J connectivity index is 1.49. The van der Waals surface area contributed by atoms with Crippen LogP contribution in [0.2, 0.25) is 0 Å². The average Bonchev–Trinajstić information content (AvgIpc) is 3.01. The highest BCUT2D eigenvalue weighted by atomic mass is 16.5. The molecule has 1 aromatic heterocycles. The third kappa shape index (κ3) is 8.40. The Hall–Kier alpha value is -5.18. The number of anilines is 1. The van der Waals surface area contributed by atoms with Crippen LogP contribution in [0.1, 0.15) is 33.7 Å². The van der Waals surface area contributed by atoms with Crippen molar-refractivity contribution in [2.75, 3.05) is 12.8 Å². The Bertz CT molecular complexity index is 1390. The number of carbonyl (C=O) groups is 3. The van der Waals surface area contributed by atoms with Gasteiger partial charge in [-0.05, 0) is 33.9 Å². The molecule has 9 heteroatoms. The van der Waals surface area contributed by atoms with Crippen molar-refractivity contribution in [1.29, 1.82) is 0 Å². The molecule has 0 bridgehead atoms. The van der Waals surface area contributed by atoms with Gasteiger partial charge in [0.2, 0.25) is 11.8 Å². The predicted molar refractivity (Wildman–Crippen MR) is 157 cm³/mol. The fraction of sp³-hybridized carbons (Fsp3) is 0.188. The third-order valence-corrected chi connectivity index (χ3v) is 6.56. The standard InChI is InChI=1S/C32H33N5O4/c1-41-32(40)36-20-23-14-12-22(13-15-23)19-35-30(38)27(18-24-16-17-28(33)34-21-24)37-31(39)29(25-8-4-2-5-9-25)26-10-6-3-7-11-26/h2-17,21,27,29H,18-20H2,1H3,(H2,33,34)(H,35,38)(H,36,40)(H,37,39). The van der Waals surface area contributed by atoms with Gasteiger partial charge < -0.3 is 26.4 Å². The van der Waals surface area contributed by atoms with E-state index >= 15 is 0 Å². The van der Waals surface area contributed by atoms with Gasteiger partial charge in [-0.2, -0.15) is 0 Å². The number of nitrogens with one attached hydrogen (secondary N) is 3. The number of methoxy groups -OCH3 is 1. The van der Waals surface area contributed by atoms with Crippen LogP contribution in [-0.4, -0.2) is 36.0 Å². The summed E-state index contributed by atoms with van der Waals surface area (Å²) in [5.41, 5.74) is 9.91. The van der Waals surface area contributed by atoms with E-state index in [0.29, 0.717) is 12.4 Å². The molecule has 4 rings (SSSR count). The van der Waals surface area contributed by atoms with E-state index in [9.17, 15) is 14.4 Å². The first-order valence-electron chi connectivity index (χ1n) is 13.2. The summed E-state index contributed by atoms with van der Waals surface area (Å²) in [6.07, 6.45) is 1.33. The van der Waals surface area contributed by atoms with Crippen molar-refractivity contribution in [2.24, 2.45) is 0 Å². The number of nitrogens with two attached hydrogens (primary N) is 1. The lowest BCUT2D eigenvalue weighted by atomic mass is 9.90. The zero-order valence-corrected chi connectivity index (χ0v) is 22.7. The SMILES string of the molecule is COC(=O)NCc1ccc(CNC(=O)C(Cc2ccc(N)nc2)NC(=O)C(c2ccccc2)c2ccccc2)cc1. The van der Waals surface area contributed by atoms with Crippen molar-refractivity contribution in [3.8, 4) is 0 Å². The van der Waals surface area contributed by atoms with Crippen LogP contribution in [0.4, 0.5) is 10.6 Å². The number of pyridine rings is 1. The quantitative estimate of drug-likeness (QED) is 0.225. The Morgan fingerprint density at radius 2 is 1.27 bits per heavy atom. The lowest BCUT2D eigenvalue weighted by Gasteiger charge is -2.23. The number of alkyl carbamates (subject to hydrolysis) is 1. The second-order valence-electron chi connectivity index (χ2n) is 9.49. The molecule has 41 heavy (non-hydrogen) atoms. The van der Waals surface area contributed by atoms with E-state index in [0.717, 1.165) is 27.8 Å². The molecule has 0 saturated heterocycles. The molecule has 4 aromatic rings. The van der Waals surface area contributed by atoms with Gasteiger partial charge in [0, 0.05) is 25.7 Å². The number of carbonyl (C=O) groups excluding carboxylic acids is 3. The smallest absolute Gasteiger partial charge is 0.407 e. The van der Waals surface area contributed by atoms with Crippen molar-refractivity contribution >= 4 is 23.7 Å².